The van der Waals surface area contributed by atoms with Crippen molar-refractivity contribution in [2.45, 2.75) is 32.2 Å². The zero-order chi connectivity index (χ0) is 12.8. The summed E-state index contributed by atoms with van der Waals surface area (Å²) in [6.07, 6.45) is 3.42. The lowest BCUT2D eigenvalue weighted by molar-refractivity contribution is 0.173. The Morgan fingerprint density at radius 3 is 2.94 bits per heavy atom. The molecule has 4 heteroatoms. The molecule has 1 unspecified atom stereocenters. The fourth-order valence-electron chi connectivity index (χ4n) is 1.85. The third-order valence-electron chi connectivity index (χ3n) is 3.14. The molecule has 100 valence electrons. The Labute approximate surface area is 108 Å². The maximum atomic E-state index is 5.69. The highest BCUT2D eigenvalue weighted by Gasteiger charge is 2.13. The van der Waals surface area contributed by atoms with Gasteiger partial charge in [0.1, 0.15) is 5.75 Å². The summed E-state index contributed by atoms with van der Waals surface area (Å²) in [5.74, 6) is 2.42. The van der Waals surface area contributed by atoms with Gasteiger partial charge in [0, 0.05) is 12.1 Å². The van der Waals surface area contributed by atoms with Crippen molar-refractivity contribution in [2.75, 3.05) is 20.4 Å². The van der Waals surface area contributed by atoms with E-state index in [1.54, 1.807) is 0 Å². The third-order valence-corrected chi connectivity index (χ3v) is 3.14. The highest BCUT2D eigenvalue weighted by atomic mass is 16.7. The highest BCUT2D eigenvalue weighted by molar-refractivity contribution is 5.46. The monoisotopic (exact) mass is 251 g/mol. The van der Waals surface area contributed by atoms with Crippen molar-refractivity contribution in [3.63, 3.8) is 0 Å². The molecule has 0 saturated carbocycles. The molecule has 0 amide bonds. The molecule has 2 rings (SSSR count). The number of unbranched alkanes of at least 4 members (excludes halogenated alkanes) is 1. The Bertz CT molecular complexity index is 381. The van der Waals surface area contributed by atoms with Crippen molar-refractivity contribution in [3.8, 4) is 17.2 Å². The van der Waals surface area contributed by atoms with E-state index in [2.05, 4.69) is 12.2 Å². The van der Waals surface area contributed by atoms with Gasteiger partial charge in [-0.25, -0.2) is 0 Å². The average Bonchev–Trinajstić information content (AvgIpc) is 2.85. The van der Waals surface area contributed by atoms with Crippen LogP contribution in [0.5, 0.6) is 17.2 Å². The smallest absolute Gasteiger partial charge is 0.231 e. The molecule has 1 aliphatic rings. The van der Waals surface area contributed by atoms with Crippen LogP contribution in [0.4, 0.5) is 0 Å². The normalized spacial score (nSPS) is 14.6. The first-order valence-electron chi connectivity index (χ1n) is 6.49. The van der Waals surface area contributed by atoms with Crippen LogP contribution in [0.25, 0.3) is 0 Å². The van der Waals surface area contributed by atoms with Crippen LogP contribution in [0.15, 0.2) is 18.2 Å². The summed E-state index contributed by atoms with van der Waals surface area (Å²) in [5.41, 5.74) is 0. The third kappa shape index (κ3) is 3.53. The Balaban J connectivity index is 1.68. The lowest BCUT2D eigenvalue weighted by Crippen LogP contribution is -2.20. The number of benzene rings is 1. The van der Waals surface area contributed by atoms with Gasteiger partial charge in [0.2, 0.25) is 6.79 Å². The van der Waals surface area contributed by atoms with E-state index in [1.165, 1.54) is 12.8 Å². The molecule has 0 aromatic heterocycles. The lowest BCUT2D eigenvalue weighted by atomic mass is 10.1. The van der Waals surface area contributed by atoms with Gasteiger partial charge in [0.25, 0.3) is 0 Å². The number of fused-ring (bicyclic) bond motifs is 1. The zero-order valence-corrected chi connectivity index (χ0v) is 11.1. The predicted molar refractivity (Wildman–Crippen MR) is 70.4 cm³/mol. The van der Waals surface area contributed by atoms with Crippen LogP contribution in [-0.2, 0) is 0 Å². The average molecular weight is 251 g/mol. The Kier molecular flexibility index (Phi) is 4.70. The van der Waals surface area contributed by atoms with Crippen LogP contribution >= 0.6 is 0 Å². The maximum Gasteiger partial charge on any atom is 0.231 e. The molecule has 1 aromatic rings. The standard InChI is InChI=1S/C14H21NO3/c1-11(15-2)5-3-4-8-16-12-6-7-13-14(9-12)18-10-17-13/h6-7,9,11,15H,3-5,8,10H2,1-2H3. The van der Waals surface area contributed by atoms with Gasteiger partial charge < -0.3 is 19.5 Å². The van der Waals surface area contributed by atoms with Gasteiger partial charge in [0.15, 0.2) is 11.5 Å². The van der Waals surface area contributed by atoms with Crippen molar-refractivity contribution in [3.05, 3.63) is 18.2 Å². The molecule has 1 aromatic carbocycles. The van der Waals surface area contributed by atoms with Crippen molar-refractivity contribution in [1.29, 1.82) is 0 Å². The van der Waals surface area contributed by atoms with E-state index in [0.717, 1.165) is 30.3 Å². The van der Waals surface area contributed by atoms with Gasteiger partial charge in [-0.3, -0.25) is 0 Å². The molecule has 0 aliphatic carbocycles. The molecule has 0 spiro atoms. The molecule has 1 atom stereocenters. The molecule has 1 aliphatic heterocycles. The molecule has 4 nitrogen and oxygen atoms in total. The van der Waals surface area contributed by atoms with E-state index in [4.69, 9.17) is 14.2 Å². The SMILES string of the molecule is CNC(C)CCCCOc1ccc2c(c1)OCO2. The summed E-state index contributed by atoms with van der Waals surface area (Å²) < 4.78 is 16.2. The second-order valence-electron chi connectivity index (χ2n) is 4.55. The molecule has 0 saturated heterocycles. The Hall–Kier alpha value is -1.42. The topological polar surface area (TPSA) is 39.7 Å². The van der Waals surface area contributed by atoms with Gasteiger partial charge in [0.05, 0.1) is 6.61 Å². The van der Waals surface area contributed by atoms with Gasteiger partial charge in [-0.05, 0) is 45.4 Å². The van der Waals surface area contributed by atoms with Crippen molar-refractivity contribution < 1.29 is 14.2 Å². The summed E-state index contributed by atoms with van der Waals surface area (Å²) in [6.45, 7) is 3.25. The van der Waals surface area contributed by atoms with Crippen LogP contribution in [0.2, 0.25) is 0 Å². The number of hydrogen-bond acceptors (Lipinski definition) is 4. The van der Waals surface area contributed by atoms with Crippen LogP contribution in [-0.4, -0.2) is 26.5 Å². The molecule has 18 heavy (non-hydrogen) atoms. The summed E-state index contributed by atoms with van der Waals surface area (Å²) >= 11 is 0. The predicted octanol–water partition coefficient (Wildman–Crippen LogP) is 2.57. The largest absolute Gasteiger partial charge is 0.493 e. The van der Waals surface area contributed by atoms with E-state index in [-0.39, 0.29) is 0 Å². The van der Waals surface area contributed by atoms with Gasteiger partial charge in [-0.1, -0.05) is 0 Å². The van der Waals surface area contributed by atoms with E-state index in [1.807, 2.05) is 25.2 Å². The van der Waals surface area contributed by atoms with Gasteiger partial charge in [-0.15, -0.1) is 0 Å². The van der Waals surface area contributed by atoms with Gasteiger partial charge >= 0.3 is 0 Å². The van der Waals surface area contributed by atoms with Crippen LogP contribution in [0, 0.1) is 0 Å². The first kappa shape index (κ1) is 13.0. The second kappa shape index (κ2) is 6.50. The van der Waals surface area contributed by atoms with Crippen LogP contribution < -0.4 is 19.5 Å². The second-order valence-corrected chi connectivity index (χ2v) is 4.55. The molecular formula is C14H21NO3. The van der Waals surface area contributed by atoms with E-state index >= 15 is 0 Å². The number of rotatable bonds is 7. The number of ether oxygens (including phenoxy) is 3. The minimum atomic E-state index is 0.306. The first-order chi connectivity index (χ1) is 8.79. The van der Waals surface area contributed by atoms with Crippen molar-refractivity contribution >= 4 is 0 Å². The molecule has 1 N–H and O–H groups in total. The summed E-state index contributed by atoms with van der Waals surface area (Å²) in [6, 6.07) is 6.28. The molecule has 0 bridgehead atoms. The molecule has 0 fully saturated rings. The fraction of sp³-hybridized carbons (Fsp3) is 0.571. The summed E-state index contributed by atoms with van der Waals surface area (Å²) in [5, 5.41) is 3.23. The quantitative estimate of drug-likeness (QED) is 0.756. The van der Waals surface area contributed by atoms with E-state index in [9.17, 15) is 0 Å². The van der Waals surface area contributed by atoms with Crippen molar-refractivity contribution in [2.24, 2.45) is 0 Å². The lowest BCUT2D eigenvalue weighted by Gasteiger charge is -2.10. The minimum absolute atomic E-state index is 0.306. The van der Waals surface area contributed by atoms with Crippen molar-refractivity contribution in [1.82, 2.24) is 5.32 Å². The van der Waals surface area contributed by atoms with Crippen LogP contribution in [0.3, 0.4) is 0 Å². The Morgan fingerprint density at radius 1 is 1.28 bits per heavy atom. The summed E-state index contributed by atoms with van der Waals surface area (Å²) in [4.78, 5) is 0. The molecular weight excluding hydrogens is 230 g/mol. The summed E-state index contributed by atoms with van der Waals surface area (Å²) in [7, 11) is 1.99. The highest BCUT2D eigenvalue weighted by Crippen LogP contribution is 2.35. The minimum Gasteiger partial charge on any atom is -0.493 e. The van der Waals surface area contributed by atoms with E-state index in [0.29, 0.717) is 12.8 Å². The van der Waals surface area contributed by atoms with E-state index < -0.39 is 0 Å². The van der Waals surface area contributed by atoms with Gasteiger partial charge in [-0.2, -0.15) is 0 Å². The molecule has 0 radical (unpaired) electrons. The zero-order valence-electron chi connectivity index (χ0n) is 11.1. The number of nitrogens with one attached hydrogen (secondary N) is 1. The Morgan fingerprint density at radius 2 is 2.11 bits per heavy atom. The molecule has 1 heterocycles. The fourth-order valence-corrected chi connectivity index (χ4v) is 1.85. The first-order valence-corrected chi connectivity index (χ1v) is 6.49. The maximum absolute atomic E-state index is 5.69. The number of hydrogen-bond donors (Lipinski definition) is 1. The van der Waals surface area contributed by atoms with Crippen LogP contribution in [0.1, 0.15) is 26.2 Å².